The fraction of sp³-hybridized carbons (Fsp3) is 0.308. The van der Waals surface area contributed by atoms with E-state index in [4.69, 9.17) is 17.3 Å². The summed E-state index contributed by atoms with van der Waals surface area (Å²) in [6, 6.07) is 5.64. The average Bonchev–Trinajstić information content (AvgIpc) is 2.15. The van der Waals surface area contributed by atoms with Crippen molar-refractivity contribution in [2.75, 3.05) is 5.73 Å². The van der Waals surface area contributed by atoms with Gasteiger partial charge in [-0.1, -0.05) is 25.4 Å². The van der Waals surface area contributed by atoms with Crippen LogP contribution >= 0.6 is 11.6 Å². The minimum atomic E-state index is 0.382. The van der Waals surface area contributed by atoms with E-state index in [1.165, 1.54) is 0 Å². The topological polar surface area (TPSA) is 38.9 Å². The number of anilines is 1. The number of fused-ring (bicyclic) bond motifs is 1. The highest BCUT2D eigenvalue weighted by Gasteiger charge is 2.12. The first-order valence-corrected chi connectivity index (χ1v) is 5.73. The molecule has 0 aliphatic carbocycles. The number of nitrogens with zero attached hydrogens (tertiary/aromatic N) is 1. The Morgan fingerprint density at radius 1 is 1.31 bits per heavy atom. The molecule has 3 heteroatoms. The van der Waals surface area contributed by atoms with Crippen molar-refractivity contribution in [1.82, 2.24) is 4.98 Å². The Hall–Kier alpha value is -1.28. The van der Waals surface area contributed by atoms with E-state index < -0.39 is 0 Å². The second-order valence-corrected chi connectivity index (χ2v) is 4.78. The molecule has 2 rings (SSSR count). The first-order chi connectivity index (χ1) is 7.50. The minimum Gasteiger partial charge on any atom is -0.398 e. The van der Waals surface area contributed by atoms with Crippen LogP contribution in [0.4, 0.5) is 5.69 Å². The van der Waals surface area contributed by atoms with Crippen molar-refractivity contribution >= 4 is 28.2 Å². The van der Waals surface area contributed by atoms with Gasteiger partial charge in [0.15, 0.2) is 0 Å². The molecule has 0 fully saturated rings. The monoisotopic (exact) mass is 234 g/mol. The van der Waals surface area contributed by atoms with Crippen molar-refractivity contribution in [2.24, 2.45) is 0 Å². The lowest BCUT2D eigenvalue weighted by Gasteiger charge is -2.14. The van der Waals surface area contributed by atoms with Crippen LogP contribution < -0.4 is 5.73 Å². The van der Waals surface area contributed by atoms with Crippen molar-refractivity contribution in [2.45, 2.75) is 26.7 Å². The highest BCUT2D eigenvalue weighted by atomic mass is 35.5. The molecule has 0 saturated heterocycles. The molecule has 84 valence electrons. The van der Waals surface area contributed by atoms with Gasteiger partial charge >= 0.3 is 0 Å². The van der Waals surface area contributed by atoms with Crippen molar-refractivity contribution < 1.29 is 0 Å². The van der Waals surface area contributed by atoms with E-state index in [0.717, 1.165) is 27.8 Å². The molecule has 0 saturated carbocycles. The molecule has 0 atom stereocenters. The third-order valence-electron chi connectivity index (χ3n) is 2.80. The van der Waals surface area contributed by atoms with Gasteiger partial charge in [0.05, 0.1) is 5.52 Å². The number of aryl methyl sites for hydroxylation is 1. The molecular weight excluding hydrogens is 220 g/mol. The Labute approximate surface area is 100 Å². The molecule has 1 aromatic carbocycles. The fourth-order valence-electron chi connectivity index (χ4n) is 2.13. The van der Waals surface area contributed by atoms with Gasteiger partial charge in [0, 0.05) is 21.8 Å². The maximum Gasteiger partial charge on any atom is 0.0740 e. The number of hydrogen-bond donors (Lipinski definition) is 1. The SMILES string of the molecule is Cc1nc2cc(Cl)ccc2c(N)c1C(C)C. The summed E-state index contributed by atoms with van der Waals surface area (Å²) < 4.78 is 0. The summed E-state index contributed by atoms with van der Waals surface area (Å²) in [7, 11) is 0. The Morgan fingerprint density at radius 2 is 2.00 bits per heavy atom. The molecule has 2 nitrogen and oxygen atoms in total. The van der Waals surface area contributed by atoms with Gasteiger partial charge in [-0.2, -0.15) is 0 Å². The Balaban J connectivity index is 2.83. The van der Waals surface area contributed by atoms with Gasteiger partial charge in [-0.05, 0) is 36.6 Å². The summed E-state index contributed by atoms with van der Waals surface area (Å²) in [5.74, 6) is 0.382. The number of aromatic nitrogens is 1. The summed E-state index contributed by atoms with van der Waals surface area (Å²) in [6.07, 6.45) is 0. The van der Waals surface area contributed by atoms with E-state index >= 15 is 0 Å². The number of hydrogen-bond acceptors (Lipinski definition) is 2. The fourth-order valence-corrected chi connectivity index (χ4v) is 2.30. The number of nitrogen functional groups attached to an aromatic ring is 1. The average molecular weight is 235 g/mol. The first-order valence-electron chi connectivity index (χ1n) is 5.36. The quantitative estimate of drug-likeness (QED) is 0.813. The third-order valence-corrected chi connectivity index (χ3v) is 3.03. The molecule has 1 heterocycles. The number of halogens is 1. The summed E-state index contributed by atoms with van der Waals surface area (Å²) in [5, 5.41) is 1.68. The van der Waals surface area contributed by atoms with E-state index in [2.05, 4.69) is 18.8 Å². The highest BCUT2D eigenvalue weighted by molar-refractivity contribution is 6.31. The molecule has 0 aliphatic rings. The first kappa shape index (κ1) is 11.2. The van der Waals surface area contributed by atoms with Crippen LogP contribution in [0.2, 0.25) is 5.02 Å². The zero-order valence-corrected chi connectivity index (χ0v) is 10.5. The van der Waals surface area contributed by atoms with Crippen LogP contribution in [0, 0.1) is 6.92 Å². The highest BCUT2D eigenvalue weighted by Crippen LogP contribution is 2.31. The Bertz CT molecular complexity index is 547. The van der Waals surface area contributed by atoms with E-state index in [1.807, 2.05) is 25.1 Å². The van der Waals surface area contributed by atoms with Crippen molar-refractivity contribution in [1.29, 1.82) is 0 Å². The van der Waals surface area contributed by atoms with Gasteiger partial charge in [0.25, 0.3) is 0 Å². The zero-order chi connectivity index (χ0) is 11.9. The largest absolute Gasteiger partial charge is 0.398 e. The molecule has 0 radical (unpaired) electrons. The van der Waals surface area contributed by atoms with Crippen LogP contribution in [0.15, 0.2) is 18.2 Å². The lowest BCUT2D eigenvalue weighted by Crippen LogP contribution is -2.03. The van der Waals surface area contributed by atoms with Crippen LogP contribution in [-0.4, -0.2) is 4.98 Å². The van der Waals surface area contributed by atoms with Gasteiger partial charge in [-0.15, -0.1) is 0 Å². The van der Waals surface area contributed by atoms with Crippen molar-refractivity contribution in [3.8, 4) is 0 Å². The second-order valence-electron chi connectivity index (χ2n) is 4.34. The zero-order valence-electron chi connectivity index (χ0n) is 9.71. The summed E-state index contributed by atoms with van der Waals surface area (Å²) in [6.45, 7) is 6.25. The van der Waals surface area contributed by atoms with Gasteiger partial charge < -0.3 is 5.73 Å². The van der Waals surface area contributed by atoms with Gasteiger partial charge in [-0.25, -0.2) is 0 Å². The van der Waals surface area contributed by atoms with Gasteiger partial charge in [-0.3, -0.25) is 4.98 Å². The molecule has 0 unspecified atom stereocenters. The maximum atomic E-state index is 6.19. The van der Waals surface area contributed by atoms with Crippen LogP contribution in [0.5, 0.6) is 0 Å². The van der Waals surface area contributed by atoms with E-state index in [1.54, 1.807) is 0 Å². The summed E-state index contributed by atoms with van der Waals surface area (Å²) >= 11 is 5.94. The molecular formula is C13H15ClN2. The predicted molar refractivity (Wildman–Crippen MR) is 70.0 cm³/mol. The molecule has 0 aliphatic heterocycles. The smallest absolute Gasteiger partial charge is 0.0740 e. The van der Waals surface area contributed by atoms with Gasteiger partial charge in [0.2, 0.25) is 0 Å². The molecule has 0 bridgehead atoms. The number of rotatable bonds is 1. The normalized spacial score (nSPS) is 11.3. The minimum absolute atomic E-state index is 0.382. The van der Waals surface area contributed by atoms with E-state index in [-0.39, 0.29) is 0 Å². The third kappa shape index (κ3) is 1.74. The van der Waals surface area contributed by atoms with Crippen LogP contribution in [-0.2, 0) is 0 Å². The summed E-state index contributed by atoms with van der Waals surface area (Å²) in [4.78, 5) is 4.55. The number of benzene rings is 1. The number of nitrogens with two attached hydrogens (primary N) is 1. The van der Waals surface area contributed by atoms with Crippen LogP contribution in [0.3, 0.4) is 0 Å². The van der Waals surface area contributed by atoms with Crippen LogP contribution in [0.1, 0.15) is 31.0 Å². The molecule has 2 N–H and O–H groups in total. The van der Waals surface area contributed by atoms with Crippen molar-refractivity contribution in [3.63, 3.8) is 0 Å². The predicted octanol–water partition coefficient (Wildman–Crippen LogP) is 3.90. The standard InChI is InChI=1S/C13H15ClN2/c1-7(2)12-8(3)16-11-6-9(14)4-5-10(11)13(12)15/h4-7H,1-3H3,(H2,15,16). The Morgan fingerprint density at radius 3 is 2.62 bits per heavy atom. The number of pyridine rings is 1. The molecule has 0 spiro atoms. The lowest BCUT2D eigenvalue weighted by molar-refractivity contribution is 0.851. The second kappa shape index (κ2) is 3.95. The van der Waals surface area contributed by atoms with E-state index in [0.29, 0.717) is 10.9 Å². The summed E-state index contributed by atoms with van der Waals surface area (Å²) in [5.41, 5.74) is 10.0. The molecule has 2 aromatic rings. The molecule has 0 amide bonds. The molecule has 1 aromatic heterocycles. The van der Waals surface area contributed by atoms with Crippen LogP contribution in [0.25, 0.3) is 10.9 Å². The van der Waals surface area contributed by atoms with Crippen molar-refractivity contribution in [3.05, 3.63) is 34.5 Å². The molecule has 16 heavy (non-hydrogen) atoms. The lowest BCUT2D eigenvalue weighted by atomic mass is 9.97. The maximum absolute atomic E-state index is 6.19. The van der Waals surface area contributed by atoms with E-state index in [9.17, 15) is 0 Å². The Kier molecular flexibility index (Phi) is 2.76. The van der Waals surface area contributed by atoms with Gasteiger partial charge in [0.1, 0.15) is 0 Å².